The Morgan fingerprint density at radius 2 is 2.25 bits per heavy atom. The van der Waals surface area contributed by atoms with E-state index in [4.69, 9.17) is 4.74 Å². The van der Waals surface area contributed by atoms with Crippen molar-refractivity contribution >= 4 is 29.0 Å². The number of anilines is 1. The molecule has 24 heavy (non-hydrogen) atoms. The minimum Gasteiger partial charge on any atom is -0.548 e. The van der Waals surface area contributed by atoms with Crippen LogP contribution in [0.4, 0.5) is 10.6 Å². The van der Waals surface area contributed by atoms with E-state index in [9.17, 15) is 14.7 Å². The van der Waals surface area contributed by atoms with E-state index < -0.39 is 18.0 Å². The molecule has 0 bridgehead atoms. The van der Waals surface area contributed by atoms with Crippen LogP contribution >= 0.6 is 0 Å². The second-order valence-electron chi connectivity index (χ2n) is 4.97. The van der Waals surface area contributed by atoms with Crippen molar-refractivity contribution in [2.75, 3.05) is 5.32 Å². The topological polar surface area (TPSA) is 134 Å². The molecule has 125 valence electrons. The van der Waals surface area contributed by atoms with Crippen LogP contribution < -0.4 is 15.7 Å². The van der Waals surface area contributed by atoms with Crippen LogP contribution in [0.3, 0.4) is 0 Å². The molecule has 3 heterocycles. The molecular weight excluding hydrogens is 316 g/mol. The van der Waals surface area contributed by atoms with Crippen LogP contribution in [-0.4, -0.2) is 37.6 Å². The molecule has 1 saturated heterocycles. The number of carboxylic acid groups (broad SMARTS) is 1. The maximum absolute atomic E-state index is 11.9. The van der Waals surface area contributed by atoms with Gasteiger partial charge in [-0.25, -0.2) is 19.7 Å². The standard InChI is InChI=1S/C14H15N6O4/c1-2-8(13(21)22)18-14(23)19-11-10-12(16-6-15-11)20(7-17-10)9-4-3-5-24-9/h3-9H,2H2,1H3,(H,21,22)(H2,15,16,18,19,23)/p-1/t8-,9-/m1/s1. The number of imidazole rings is 1. The van der Waals surface area contributed by atoms with Gasteiger partial charge in [-0.3, -0.25) is 9.88 Å². The molecular formula is C14H14N6O4-. The van der Waals surface area contributed by atoms with Crippen molar-refractivity contribution in [2.45, 2.75) is 25.6 Å². The quantitative estimate of drug-likeness (QED) is 0.760. The summed E-state index contributed by atoms with van der Waals surface area (Å²) in [6, 6.07) is -1.81. The summed E-state index contributed by atoms with van der Waals surface area (Å²) in [5.74, 6) is -1.19. The van der Waals surface area contributed by atoms with E-state index in [0.29, 0.717) is 11.2 Å². The van der Waals surface area contributed by atoms with E-state index in [0.717, 1.165) is 0 Å². The number of nitrogens with zero attached hydrogens (tertiary/aromatic N) is 4. The van der Waals surface area contributed by atoms with Gasteiger partial charge in [0.15, 0.2) is 17.0 Å². The second-order valence-corrected chi connectivity index (χ2v) is 4.97. The van der Waals surface area contributed by atoms with Crippen LogP contribution in [0.15, 0.2) is 12.7 Å². The number of hydrogen-bond donors (Lipinski definition) is 2. The minimum atomic E-state index is -1.36. The predicted molar refractivity (Wildman–Crippen MR) is 79.6 cm³/mol. The first kappa shape index (κ1) is 16.1. The number of carbonyl (C=O) groups is 2. The summed E-state index contributed by atoms with van der Waals surface area (Å²) in [6.45, 7) is 3.17. The fourth-order valence-corrected chi connectivity index (χ4v) is 2.23. The molecule has 1 fully saturated rings. The molecule has 10 heteroatoms. The van der Waals surface area contributed by atoms with Crippen LogP contribution in [0, 0.1) is 19.4 Å². The lowest BCUT2D eigenvalue weighted by atomic mass is 10.2. The highest BCUT2D eigenvalue weighted by Crippen LogP contribution is 2.28. The van der Waals surface area contributed by atoms with Crippen molar-refractivity contribution in [1.82, 2.24) is 24.8 Å². The minimum absolute atomic E-state index is 0.162. The van der Waals surface area contributed by atoms with Gasteiger partial charge in [-0.15, -0.1) is 0 Å². The van der Waals surface area contributed by atoms with E-state index in [2.05, 4.69) is 25.6 Å². The van der Waals surface area contributed by atoms with Crippen LogP contribution in [0.5, 0.6) is 0 Å². The van der Waals surface area contributed by atoms with Gasteiger partial charge in [0.1, 0.15) is 12.6 Å². The number of nitrogens with one attached hydrogen (secondary N) is 2. The Morgan fingerprint density at radius 1 is 1.42 bits per heavy atom. The molecule has 0 unspecified atom stereocenters. The molecule has 3 radical (unpaired) electrons. The van der Waals surface area contributed by atoms with Gasteiger partial charge < -0.3 is 20.0 Å². The number of rotatable bonds is 5. The normalized spacial score (nSPS) is 18.5. The highest BCUT2D eigenvalue weighted by atomic mass is 16.5. The van der Waals surface area contributed by atoms with Crippen molar-refractivity contribution in [3.05, 3.63) is 32.1 Å². The fourth-order valence-electron chi connectivity index (χ4n) is 2.23. The molecule has 2 N–H and O–H groups in total. The molecule has 0 saturated carbocycles. The monoisotopic (exact) mass is 330 g/mol. The van der Waals surface area contributed by atoms with Crippen molar-refractivity contribution in [3.63, 3.8) is 0 Å². The zero-order valence-electron chi connectivity index (χ0n) is 12.7. The van der Waals surface area contributed by atoms with Gasteiger partial charge in [0.25, 0.3) is 0 Å². The molecule has 2 aromatic heterocycles. The summed E-state index contributed by atoms with van der Waals surface area (Å²) in [5.41, 5.74) is 0.829. The highest BCUT2D eigenvalue weighted by Gasteiger charge is 2.22. The average Bonchev–Trinajstić information content (AvgIpc) is 3.21. The number of hydrogen-bond acceptors (Lipinski definition) is 7. The van der Waals surface area contributed by atoms with Crippen molar-refractivity contribution in [1.29, 1.82) is 0 Å². The number of carboxylic acids is 1. The first-order valence-corrected chi connectivity index (χ1v) is 7.21. The molecule has 2 aromatic rings. The van der Waals surface area contributed by atoms with Gasteiger partial charge in [0, 0.05) is 12.8 Å². The summed E-state index contributed by atoms with van der Waals surface area (Å²) in [5, 5.41) is 15.6. The lowest BCUT2D eigenvalue weighted by molar-refractivity contribution is -0.308. The Bertz CT molecular complexity index is 755. The lowest BCUT2D eigenvalue weighted by Crippen LogP contribution is -2.48. The Kier molecular flexibility index (Phi) is 4.56. The van der Waals surface area contributed by atoms with Crippen LogP contribution in [0.25, 0.3) is 11.2 Å². The summed E-state index contributed by atoms with van der Waals surface area (Å²) >= 11 is 0. The Morgan fingerprint density at radius 3 is 2.92 bits per heavy atom. The maximum Gasteiger partial charge on any atom is 0.320 e. The molecule has 2 amide bonds. The second kappa shape index (κ2) is 6.79. The van der Waals surface area contributed by atoms with Gasteiger partial charge in [-0.2, -0.15) is 0 Å². The van der Waals surface area contributed by atoms with Gasteiger partial charge in [-0.1, -0.05) is 6.92 Å². The van der Waals surface area contributed by atoms with Gasteiger partial charge in [0.05, 0.1) is 24.9 Å². The fraction of sp³-hybridized carbons (Fsp3) is 0.286. The molecule has 2 atom stereocenters. The van der Waals surface area contributed by atoms with E-state index in [-0.39, 0.29) is 18.5 Å². The Hall–Kier alpha value is -2.75. The third kappa shape index (κ3) is 3.13. The third-order valence-corrected chi connectivity index (χ3v) is 3.44. The SMILES string of the molecule is CC[C@@H](NC(=O)Nc1ncnc2c1ncn2[C@H]1[CH][CH][CH]O1)C(=O)[O-]. The number of urea groups is 1. The van der Waals surface area contributed by atoms with Gasteiger partial charge in [0.2, 0.25) is 0 Å². The molecule has 1 aliphatic rings. The summed E-state index contributed by atoms with van der Waals surface area (Å²) in [4.78, 5) is 35.1. The van der Waals surface area contributed by atoms with Gasteiger partial charge >= 0.3 is 6.03 Å². The number of fused-ring (bicyclic) bond motifs is 1. The summed E-state index contributed by atoms with van der Waals surface area (Å²) in [6.07, 6.45) is 6.20. The smallest absolute Gasteiger partial charge is 0.320 e. The first-order valence-electron chi connectivity index (χ1n) is 7.21. The predicted octanol–water partition coefficient (Wildman–Crippen LogP) is -0.425. The Labute approximate surface area is 137 Å². The van der Waals surface area contributed by atoms with E-state index in [1.165, 1.54) is 12.7 Å². The van der Waals surface area contributed by atoms with Crippen LogP contribution in [0.2, 0.25) is 0 Å². The largest absolute Gasteiger partial charge is 0.548 e. The van der Waals surface area contributed by atoms with E-state index in [1.54, 1.807) is 24.5 Å². The number of amides is 2. The molecule has 0 aliphatic carbocycles. The highest BCUT2D eigenvalue weighted by molar-refractivity contribution is 5.97. The average molecular weight is 330 g/mol. The molecule has 1 aliphatic heterocycles. The lowest BCUT2D eigenvalue weighted by Gasteiger charge is -2.17. The van der Waals surface area contributed by atoms with E-state index >= 15 is 0 Å². The number of carbonyl (C=O) groups excluding carboxylic acids is 2. The first-order chi connectivity index (χ1) is 11.6. The van der Waals surface area contributed by atoms with Crippen molar-refractivity contribution in [2.24, 2.45) is 0 Å². The van der Waals surface area contributed by atoms with Crippen LogP contribution in [0.1, 0.15) is 19.6 Å². The summed E-state index contributed by atoms with van der Waals surface area (Å²) < 4.78 is 7.05. The molecule has 3 rings (SSSR count). The molecule has 0 spiro atoms. The van der Waals surface area contributed by atoms with Crippen molar-refractivity contribution < 1.29 is 19.4 Å². The number of aliphatic carboxylic acids is 1. The third-order valence-electron chi connectivity index (χ3n) is 3.44. The Balaban J connectivity index is 1.80. The zero-order chi connectivity index (χ0) is 17.1. The molecule has 10 nitrogen and oxygen atoms in total. The van der Waals surface area contributed by atoms with Crippen molar-refractivity contribution in [3.8, 4) is 0 Å². The van der Waals surface area contributed by atoms with Crippen LogP contribution in [-0.2, 0) is 9.53 Å². The number of ether oxygens (including phenoxy) is 1. The molecule has 0 aromatic carbocycles. The summed E-state index contributed by atoms with van der Waals surface area (Å²) in [7, 11) is 0. The maximum atomic E-state index is 11.9. The van der Waals surface area contributed by atoms with E-state index in [1.807, 2.05) is 6.42 Å². The van der Waals surface area contributed by atoms with Gasteiger partial charge in [-0.05, 0) is 6.42 Å². The zero-order valence-corrected chi connectivity index (χ0v) is 12.7. The number of aromatic nitrogens is 4.